The summed E-state index contributed by atoms with van der Waals surface area (Å²) in [6.45, 7) is 0. The van der Waals surface area contributed by atoms with Crippen molar-refractivity contribution in [3.8, 4) is 0 Å². The summed E-state index contributed by atoms with van der Waals surface area (Å²) in [7, 11) is -10.1. The summed E-state index contributed by atoms with van der Waals surface area (Å²) in [6, 6.07) is 0. The minimum atomic E-state index is -5.05. The summed E-state index contributed by atoms with van der Waals surface area (Å²) in [5, 5.41) is 0. The highest BCUT2D eigenvalue weighted by Crippen LogP contribution is 2.53. The molecule has 0 aliphatic carbocycles. The van der Waals surface area contributed by atoms with E-state index in [1.165, 1.54) is 0 Å². The van der Waals surface area contributed by atoms with E-state index in [9.17, 15) is 9.13 Å². The third kappa shape index (κ3) is 40.2. The average molecular weight is 264 g/mol. The minimum absolute atomic E-state index is 0. The predicted molar refractivity (Wildman–Crippen MR) is 48.9 cm³/mol. The Morgan fingerprint density at radius 3 is 0.857 bits per heavy atom. The first-order valence-electron chi connectivity index (χ1n) is 1.53. The molecule has 0 spiro atoms. The zero-order valence-electron chi connectivity index (χ0n) is 7.24. The zero-order chi connectivity index (χ0) is 7.71. The van der Waals surface area contributed by atoms with E-state index in [1.807, 2.05) is 0 Å². The molecule has 0 aromatic heterocycles. The third-order valence-corrected chi connectivity index (χ3v) is 1.91. The van der Waals surface area contributed by atoms with Gasteiger partial charge in [-0.15, -0.1) is 0 Å². The van der Waals surface area contributed by atoms with Gasteiger partial charge < -0.3 is 49.7 Å². The first-order valence-corrected chi connectivity index (χ1v) is 4.59. The van der Waals surface area contributed by atoms with Crippen LogP contribution in [0.3, 0.4) is 0 Å². The molecule has 0 bridgehead atoms. The zero-order valence-corrected chi connectivity index (χ0v) is 9.03. The Hall–Kier alpha value is 0.0600. The van der Waals surface area contributed by atoms with Crippen LogP contribution < -0.4 is 24.6 Å². The largest absolute Gasteiger partial charge is 0.478 e. The van der Waals surface area contributed by atoms with Gasteiger partial charge in [-0.05, 0) is 0 Å². The molecule has 0 aromatic rings. The van der Waals surface area contributed by atoms with Gasteiger partial charge in [0, 0.05) is 0 Å². The fourth-order valence-corrected chi connectivity index (χ4v) is 1.25. The van der Waals surface area contributed by atoms with Crippen LogP contribution in [0.5, 0.6) is 0 Å². The monoisotopic (exact) mass is 264 g/mol. The molecule has 18 N–H and O–H groups in total. The van der Waals surface area contributed by atoms with Crippen molar-refractivity contribution in [2.75, 3.05) is 0 Å². The molecule has 14 heteroatoms. The molecule has 0 atom stereocenters. The maximum absolute atomic E-state index is 9.63. The van der Waals surface area contributed by atoms with E-state index in [0.29, 0.717) is 0 Å². The molecule has 12 nitrogen and oxygen atoms in total. The highest BCUT2D eigenvalue weighted by Gasteiger charge is 2.27. The van der Waals surface area contributed by atoms with Crippen LogP contribution in [0.15, 0.2) is 0 Å². The van der Waals surface area contributed by atoms with Crippen LogP contribution in [0, 0.1) is 0 Å². The summed E-state index contributed by atoms with van der Waals surface area (Å²) in [5.41, 5.74) is 0. The van der Waals surface area contributed by atoms with Crippen LogP contribution in [-0.2, 0) is 13.4 Å². The Balaban J connectivity index is -0.0000000320. The van der Waals surface area contributed by atoms with E-state index < -0.39 is 15.6 Å². The first-order chi connectivity index (χ1) is 3.71. The summed E-state index contributed by atoms with van der Waals surface area (Å²) >= 11 is 0. The van der Waals surface area contributed by atoms with Gasteiger partial charge >= 0.3 is 15.6 Å². The van der Waals surface area contributed by atoms with Crippen LogP contribution in [0.2, 0.25) is 0 Å². The number of hydrogen-bond acceptors (Lipinski definition) is 7. The van der Waals surface area contributed by atoms with E-state index in [0.717, 1.165) is 0 Å². The molecule has 0 aromatic carbocycles. The van der Waals surface area contributed by atoms with Gasteiger partial charge in [-0.3, -0.25) is 0 Å². The Morgan fingerprint density at radius 1 is 0.714 bits per heavy atom. The molecule has 0 fully saturated rings. The molecule has 0 rings (SSSR count). The summed E-state index contributed by atoms with van der Waals surface area (Å²) in [5.74, 6) is 0. The topological polar surface area (TPSA) is 296 Å². The fourth-order valence-electron chi connectivity index (χ4n) is 0.139. The molecule has 0 radical (unpaired) electrons. The molecular weight excluding hydrogens is 246 g/mol. The van der Waals surface area contributed by atoms with Crippen molar-refractivity contribution in [1.29, 1.82) is 0 Å². The van der Waals surface area contributed by atoms with Gasteiger partial charge in [0.05, 0.1) is 0 Å². The van der Waals surface area contributed by atoms with Gasteiger partial charge in [-0.2, -0.15) is 4.31 Å². The highest BCUT2D eigenvalue weighted by molar-refractivity contribution is 7.60. The van der Waals surface area contributed by atoms with E-state index in [1.54, 1.807) is 0 Å². The van der Waals surface area contributed by atoms with Gasteiger partial charge in [-0.25, -0.2) is 9.13 Å². The molecule has 96 valence electrons. The van der Waals surface area contributed by atoms with Crippen LogP contribution in [0.25, 0.3) is 0 Å². The number of rotatable bonds is 2. The Morgan fingerprint density at radius 2 is 0.857 bits per heavy atom. The first kappa shape index (κ1) is 36.9. The van der Waals surface area contributed by atoms with Crippen molar-refractivity contribution >= 4 is 15.6 Å². The van der Waals surface area contributed by atoms with E-state index in [-0.39, 0.29) is 30.1 Å². The second-order valence-electron chi connectivity index (χ2n) is 1.06. The minimum Gasteiger partial charge on any atom is -0.412 e. The lowest BCUT2D eigenvalue weighted by Crippen LogP contribution is -1.84. The van der Waals surface area contributed by atoms with E-state index in [2.05, 4.69) is 4.31 Å². The quantitative estimate of drug-likeness (QED) is 0.279. The maximum Gasteiger partial charge on any atom is 0.478 e. The number of hydrogen-bond donors (Lipinski definition) is 8. The molecule has 14 heavy (non-hydrogen) atoms. The van der Waals surface area contributed by atoms with Gasteiger partial charge in [0.2, 0.25) is 0 Å². The lowest BCUT2D eigenvalue weighted by atomic mass is 14.0. The van der Waals surface area contributed by atoms with Gasteiger partial charge in [0.1, 0.15) is 0 Å². The van der Waals surface area contributed by atoms with Crippen molar-refractivity contribution in [2.45, 2.75) is 0 Å². The average Bonchev–Trinajstić information content (AvgIpc) is 1.14. The number of phosphoric acid groups is 2. The molecule has 0 unspecified atom stereocenters. The van der Waals surface area contributed by atoms with Crippen LogP contribution in [0.1, 0.15) is 0 Å². The van der Waals surface area contributed by atoms with Gasteiger partial charge in [0.15, 0.2) is 0 Å². The standard InChI is InChI=1S/4H3N.H4O7P2.H2O/c;;;;1-8(2,3)7-9(4,5)6;/h4*1H3;(H2,1,2,3)(H2,4,5,6);1H2. The molecule has 0 saturated carbocycles. The Labute approximate surface area is 79.8 Å². The smallest absolute Gasteiger partial charge is 0.412 e. The normalized spacial score (nSPS) is 8.86. The molecule has 0 heterocycles. The van der Waals surface area contributed by atoms with Crippen molar-refractivity contribution in [3.63, 3.8) is 0 Å². The lowest BCUT2D eigenvalue weighted by molar-refractivity contribution is 0.225. The third-order valence-electron chi connectivity index (χ3n) is 0.213. The second-order valence-corrected chi connectivity index (χ2v) is 3.68. The predicted octanol–water partition coefficient (Wildman–Crippen LogP) is -0.988. The molecule has 0 aliphatic rings. The summed E-state index contributed by atoms with van der Waals surface area (Å²) in [4.78, 5) is 31.0. The molecule has 0 aliphatic heterocycles. The SMILES string of the molecule is N.N.N.N.O.O=P(O)(O)OP(=O)(O)O. The van der Waals surface area contributed by atoms with Gasteiger partial charge in [0.25, 0.3) is 0 Å². The molecular formula is H18N4O8P2. The Bertz CT molecular complexity index is 160. The Kier molecular flexibility index (Phi) is 29.4. The van der Waals surface area contributed by atoms with Crippen LogP contribution in [-0.4, -0.2) is 25.0 Å². The van der Waals surface area contributed by atoms with Crippen molar-refractivity contribution in [1.82, 2.24) is 24.6 Å². The van der Waals surface area contributed by atoms with Crippen LogP contribution in [0.4, 0.5) is 0 Å². The second kappa shape index (κ2) is 11.1. The summed E-state index contributed by atoms with van der Waals surface area (Å²) < 4.78 is 22.2. The van der Waals surface area contributed by atoms with Crippen molar-refractivity contribution in [3.05, 3.63) is 0 Å². The fraction of sp³-hybridized carbons (Fsp3) is 0. The highest BCUT2D eigenvalue weighted by atomic mass is 31.3. The van der Waals surface area contributed by atoms with E-state index >= 15 is 0 Å². The van der Waals surface area contributed by atoms with E-state index in [4.69, 9.17) is 19.6 Å². The van der Waals surface area contributed by atoms with Gasteiger partial charge in [-0.1, -0.05) is 0 Å². The van der Waals surface area contributed by atoms with Crippen LogP contribution >= 0.6 is 15.6 Å². The summed E-state index contributed by atoms with van der Waals surface area (Å²) in [6.07, 6.45) is 0. The molecule has 0 saturated heterocycles. The molecule has 0 amide bonds. The lowest BCUT2D eigenvalue weighted by Gasteiger charge is -2.03. The van der Waals surface area contributed by atoms with Crippen molar-refractivity contribution < 1.29 is 38.5 Å². The maximum atomic E-state index is 9.63. The van der Waals surface area contributed by atoms with Crippen molar-refractivity contribution in [2.24, 2.45) is 0 Å².